The van der Waals surface area contributed by atoms with Crippen molar-refractivity contribution in [1.82, 2.24) is 14.7 Å². The third kappa shape index (κ3) is 3.81. The Morgan fingerprint density at radius 3 is 2.70 bits per heavy atom. The van der Waals surface area contributed by atoms with Crippen LogP contribution < -0.4 is 0 Å². The Balaban J connectivity index is 1.75. The molecule has 1 fully saturated rings. The summed E-state index contributed by atoms with van der Waals surface area (Å²) >= 11 is 2.36. The van der Waals surface area contributed by atoms with Crippen LogP contribution >= 0.6 is 22.6 Å². The van der Waals surface area contributed by atoms with Gasteiger partial charge in [-0.05, 0) is 56.2 Å². The molecule has 128 valence electrons. The van der Waals surface area contributed by atoms with Crippen LogP contribution in [-0.4, -0.2) is 46.1 Å². The molecule has 2 aliphatic rings. The van der Waals surface area contributed by atoms with Gasteiger partial charge in [-0.15, -0.1) is 0 Å². The fourth-order valence-electron chi connectivity index (χ4n) is 3.01. The molecular weight excluding hydrogens is 409 g/mol. The van der Waals surface area contributed by atoms with E-state index in [-0.39, 0.29) is 6.09 Å². The fourth-order valence-corrected chi connectivity index (χ4v) is 4.00. The van der Waals surface area contributed by atoms with Crippen molar-refractivity contribution in [3.8, 4) is 0 Å². The Morgan fingerprint density at radius 1 is 1.35 bits per heavy atom. The minimum Gasteiger partial charge on any atom is -0.444 e. The number of carbonyl (C=O) groups excluding carboxylic acids is 1. The van der Waals surface area contributed by atoms with Crippen molar-refractivity contribution in [1.29, 1.82) is 0 Å². The molecule has 1 aromatic heterocycles. The van der Waals surface area contributed by atoms with Crippen LogP contribution in [0.1, 0.15) is 50.9 Å². The zero-order valence-electron chi connectivity index (χ0n) is 14.0. The molecule has 3 heterocycles. The molecule has 0 aliphatic carbocycles. The number of aromatic nitrogens is 2. The molecule has 0 unspecified atom stereocenters. The minimum absolute atomic E-state index is 0.238. The molecule has 0 radical (unpaired) electrons. The summed E-state index contributed by atoms with van der Waals surface area (Å²) in [6.45, 7) is 8.55. The molecular formula is C16H24IN3O3. The molecule has 0 bridgehead atoms. The van der Waals surface area contributed by atoms with Gasteiger partial charge in [0.2, 0.25) is 0 Å². The predicted molar refractivity (Wildman–Crippen MR) is 94.4 cm³/mol. The van der Waals surface area contributed by atoms with Crippen molar-refractivity contribution in [3.63, 3.8) is 0 Å². The summed E-state index contributed by atoms with van der Waals surface area (Å²) in [5.74, 6) is 0. The molecule has 3 rings (SSSR count). The van der Waals surface area contributed by atoms with Crippen molar-refractivity contribution < 1.29 is 14.3 Å². The Labute approximate surface area is 150 Å². The molecule has 1 amide bonds. The van der Waals surface area contributed by atoms with Gasteiger partial charge in [-0.1, -0.05) is 0 Å². The van der Waals surface area contributed by atoms with Gasteiger partial charge < -0.3 is 14.4 Å². The number of fused-ring (bicyclic) bond motifs is 1. The lowest BCUT2D eigenvalue weighted by atomic mass is 10.1. The van der Waals surface area contributed by atoms with E-state index in [9.17, 15) is 4.79 Å². The van der Waals surface area contributed by atoms with Crippen LogP contribution in [0.4, 0.5) is 4.79 Å². The third-order valence-electron chi connectivity index (χ3n) is 4.18. The first-order chi connectivity index (χ1) is 10.8. The normalized spacial score (nSPS) is 19.6. The van der Waals surface area contributed by atoms with Crippen molar-refractivity contribution in [2.24, 2.45) is 0 Å². The average Bonchev–Trinajstić information content (AvgIpc) is 2.83. The lowest BCUT2D eigenvalue weighted by Gasteiger charge is -2.29. The maximum absolute atomic E-state index is 12.3. The highest BCUT2D eigenvalue weighted by atomic mass is 127. The first-order valence-electron chi connectivity index (χ1n) is 8.16. The maximum Gasteiger partial charge on any atom is 0.410 e. The number of nitrogens with zero attached hydrogens (tertiary/aromatic N) is 3. The van der Waals surface area contributed by atoms with Crippen LogP contribution in [0.2, 0.25) is 0 Å². The molecule has 0 aromatic carbocycles. The highest BCUT2D eigenvalue weighted by molar-refractivity contribution is 14.1. The second-order valence-corrected chi connectivity index (χ2v) is 8.18. The van der Waals surface area contributed by atoms with Crippen molar-refractivity contribution in [3.05, 3.63) is 15.0 Å². The van der Waals surface area contributed by atoms with Gasteiger partial charge in [0.25, 0.3) is 0 Å². The Morgan fingerprint density at radius 2 is 2.04 bits per heavy atom. The number of amides is 1. The number of hydrogen-bond acceptors (Lipinski definition) is 4. The van der Waals surface area contributed by atoms with Gasteiger partial charge in [0.15, 0.2) is 0 Å². The van der Waals surface area contributed by atoms with E-state index in [1.807, 2.05) is 20.8 Å². The van der Waals surface area contributed by atoms with Gasteiger partial charge in [0, 0.05) is 31.7 Å². The fraction of sp³-hybridized carbons (Fsp3) is 0.750. The molecule has 2 aliphatic heterocycles. The van der Waals surface area contributed by atoms with E-state index in [2.05, 4.69) is 27.3 Å². The molecule has 0 saturated carbocycles. The molecule has 7 heteroatoms. The second-order valence-electron chi connectivity index (χ2n) is 7.16. The average molecular weight is 433 g/mol. The number of ether oxygens (including phenoxy) is 2. The van der Waals surface area contributed by atoms with Crippen LogP contribution in [-0.2, 0) is 22.4 Å². The Kier molecular flexibility index (Phi) is 4.87. The Hall–Kier alpha value is -0.830. The first kappa shape index (κ1) is 17.0. The number of rotatable bonds is 1. The largest absolute Gasteiger partial charge is 0.444 e. The van der Waals surface area contributed by atoms with Gasteiger partial charge >= 0.3 is 6.09 Å². The summed E-state index contributed by atoms with van der Waals surface area (Å²) in [5.41, 5.74) is 1.84. The number of carbonyl (C=O) groups is 1. The number of hydrogen-bond donors (Lipinski definition) is 0. The lowest BCUT2D eigenvalue weighted by molar-refractivity contribution is 0.0223. The van der Waals surface area contributed by atoms with Gasteiger partial charge in [0.05, 0.1) is 18.3 Å². The van der Waals surface area contributed by atoms with Crippen LogP contribution in [0.15, 0.2) is 0 Å². The van der Waals surface area contributed by atoms with E-state index in [4.69, 9.17) is 14.6 Å². The Bertz CT molecular complexity index is 588. The van der Waals surface area contributed by atoms with Crippen LogP contribution in [0.3, 0.4) is 0 Å². The molecule has 0 atom stereocenters. The highest BCUT2D eigenvalue weighted by Gasteiger charge is 2.31. The van der Waals surface area contributed by atoms with Crippen molar-refractivity contribution >= 4 is 28.7 Å². The van der Waals surface area contributed by atoms with Crippen molar-refractivity contribution in [2.75, 3.05) is 19.8 Å². The van der Waals surface area contributed by atoms with E-state index in [0.29, 0.717) is 19.1 Å². The van der Waals surface area contributed by atoms with E-state index in [0.717, 1.165) is 41.9 Å². The van der Waals surface area contributed by atoms with Gasteiger partial charge in [-0.25, -0.2) is 4.79 Å². The van der Waals surface area contributed by atoms with Gasteiger partial charge in [0.1, 0.15) is 9.30 Å². The van der Waals surface area contributed by atoms with E-state index in [1.54, 1.807) is 4.90 Å². The van der Waals surface area contributed by atoms with E-state index >= 15 is 0 Å². The highest BCUT2D eigenvalue weighted by Crippen LogP contribution is 2.30. The summed E-state index contributed by atoms with van der Waals surface area (Å²) in [5, 5.41) is 4.82. The lowest BCUT2D eigenvalue weighted by Crippen LogP contribution is -2.39. The van der Waals surface area contributed by atoms with E-state index < -0.39 is 5.60 Å². The molecule has 6 nitrogen and oxygen atoms in total. The quantitative estimate of drug-likeness (QED) is 0.639. The maximum atomic E-state index is 12.3. The summed E-state index contributed by atoms with van der Waals surface area (Å²) in [6.07, 6.45) is 2.57. The summed E-state index contributed by atoms with van der Waals surface area (Å²) in [4.78, 5) is 14.1. The molecule has 23 heavy (non-hydrogen) atoms. The summed E-state index contributed by atoms with van der Waals surface area (Å²) in [6, 6.07) is 0.413. The SMILES string of the molecule is CC(C)(C)OC(=O)N1CCc2nn(C3CCOCC3)c(I)c2C1. The molecule has 0 spiro atoms. The monoisotopic (exact) mass is 433 g/mol. The third-order valence-corrected chi connectivity index (χ3v) is 5.33. The predicted octanol–water partition coefficient (Wildman–Crippen LogP) is 3.13. The van der Waals surface area contributed by atoms with Crippen molar-refractivity contribution in [2.45, 2.75) is 58.2 Å². The van der Waals surface area contributed by atoms with Crippen LogP contribution in [0, 0.1) is 3.70 Å². The minimum atomic E-state index is -0.462. The zero-order valence-corrected chi connectivity index (χ0v) is 16.1. The number of halogens is 1. The first-order valence-corrected chi connectivity index (χ1v) is 9.24. The van der Waals surface area contributed by atoms with E-state index in [1.165, 1.54) is 5.56 Å². The van der Waals surface area contributed by atoms with Crippen LogP contribution in [0.5, 0.6) is 0 Å². The molecule has 1 aromatic rings. The topological polar surface area (TPSA) is 56.6 Å². The van der Waals surface area contributed by atoms with Crippen LogP contribution in [0.25, 0.3) is 0 Å². The molecule has 1 saturated heterocycles. The van der Waals surface area contributed by atoms with Gasteiger partial charge in [-0.3, -0.25) is 4.68 Å². The molecule has 0 N–H and O–H groups in total. The smallest absolute Gasteiger partial charge is 0.410 e. The summed E-state index contributed by atoms with van der Waals surface area (Å²) in [7, 11) is 0. The summed E-state index contributed by atoms with van der Waals surface area (Å²) < 4.78 is 14.2. The standard InChI is InChI=1S/C16H24IN3O3/c1-16(2,3)23-15(21)19-7-4-13-12(10-19)14(17)20(18-13)11-5-8-22-9-6-11/h11H,4-10H2,1-3H3. The van der Waals surface area contributed by atoms with Gasteiger partial charge in [-0.2, -0.15) is 5.10 Å². The zero-order chi connectivity index (χ0) is 16.6. The second kappa shape index (κ2) is 6.58.